The van der Waals surface area contributed by atoms with Gasteiger partial charge >= 0.3 is 6.18 Å². The van der Waals surface area contributed by atoms with E-state index in [1.54, 1.807) is 12.1 Å². The molecule has 0 heterocycles. The van der Waals surface area contributed by atoms with Gasteiger partial charge in [0.15, 0.2) is 0 Å². The molecular weight excluding hydrogens is 275 g/mol. The maximum atomic E-state index is 12.3. The molecule has 0 radical (unpaired) electrons. The molecule has 0 bridgehead atoms. The van der Waals surface area contributed by atoms with Gasteiger partial charge in [0.25, 0.3) is 0 Å². The van der Waals surface area contributed by atoms with E-state index in [0.717, 1.165) is 18.5 Å². The molecule has 19 heavy (non-hydrogen) atoms. The number of benzene rings is 1. The minimum absolute atomic E-state index is 0.103. The fraction of sp³-hybridized carbons (Fsp3) is 0.571. The summed E-state index contributed by atoms with van der Waals surface area (Å²) in [5, 5.41) is 3.81. The Balaban J connectivity index is 2.55. The second-order valence-corrected chi connectivity index (χ2v) is 5.07. The van der Waals surface area contributed by atoms with Gasteiger partial charge in [0.05, 0.1) is 0 Å². The highest BCUT2D eigenvalue weighted by Crippen LogP contribution is 2.23. The number of hydrogen-bond acceptors (Lipinski definition) is 1. The van der Waals surface area contributed by atoms with E-state index >= 15 is 0 Å². The standard InChI is InChI=1S/C14H19ClF3N/c1-2-9-19-13(7-8-14(16,17)18)10-11-3-5-12(15)6-4-11/h3-6,13,19H,2,7-10H2,1H3. The monoisotopic (exact) mass is 293 g/mol. The van der Waals surface area contributed by atoms with Gasteiger partial charge in [-0.2, -0.15) is 13.2 Å². The Morgan fingerprint density at radius 2 is 1.84 bits per heavy atom. The van der Waals surface area contributed by atoms with Crippen molar-refractivity contribution in [2.24, 2.45) is 0 Å². The molecule has 0 amide bonds. The number of alkyl halides is 3. The summed E-state index contributed by atoms with van der Waals surface area (Å²) in [6.45, 7) is 2.73. The zero-order valence-electron chi connectivity index (χ0n) is 10.9. The van der Waals surface area contributed by atoms with Crippen molar-refractivity contribution in [3.05, 3.63) is 34.9 Å². The molecular formula is C14H19ClF3N. The van der Waals surface area contributed by atoms with E-state index in [-0.39, 0.29) is 12.5 Å². The molecule has 0 aliphatic carbocycles. The van der Waals surface area contributed by atoms with Crippen LogP contribution in [0, 0.1) is 0 Å². The summed E-state index contributed by atoms with van der Waals surface area (Å²) in [5.74, 6) is 0. The average molecular weight is 294 g/mol. The molecule has 108 valence electrons. The van der Waals surface area contributed by atoms with Crippen LogP contribution in [0.3, 0.4) is 0 Å². The number of halogens is 4. The summed E-state index contributed by atoms with van der Waals surface area (Å²) in [6.07, 6.45) is -3.24. The number of hydrogen-bond donors (Lipinski definition) is 1. The van der Waals surface area contributed by atoms with E-state index in [0.29, 0.717) is 11.4 Å². The minimum Gasteiger partial charge on any atom is -0.314 e. The minimum atomic E-state index is -4.09. The van der Waals surface area contributed by atoms with Crippen molar-refractivity contribution >= 4 is 11.6 Å². The molecule has 0 fully saturated rings. The second-order valence-electron chi connectivity index (χ2n) is 4.64. The Morgan fingerprint density at radius 3 is 2.37 bits per heavy atom. The lowest BCUT2D eigenvalue weighted by Crippen LogP contribution is -2.33. The molecule has 1 unspecified atom stereocenters. The van der Waals surface area contributed by atoms with Crippen LogP contribution in [0.25, 0.3) is 0 Å². The van der Waals surface area contributed by atoms with Gasteiger partial charge in [-0.25, -0.2) is 0 Å². The Morgan fingerprint density at radius 1 is 1.21 bits per heavy atom. The van der Waals surface area contributed by atoms with Crippen LogP contribution in [0.2, 0.25) is 5.02 Å². The average Bonchev–Trinajstić information content (AvgIpc) is 2.34. The van der Waals surface area contributed by atoms with Gasteiger partial charge in [-0.05, 0) is 43.5 Å². The Hall–Kier alpha value is -0.740. The lowest BCUT2D eigenvalue weighted by Gasteiger charge is -2.19. The predicted octanol–water partition coefficient (Wildman–Crippen LogP) is 4.59. The zero-order chi connectivity index (χ0) is 14.3. The van der Waals surface area contributed by atoms with Gasteiger partial charge in [-0.1, -0.05) is 30.7 Å². The first kappa shape index (κ1) is 16.3. The van der Waals surface area contributed by atoms with E-state index in [1.807, 2.05) is 19.1 Å². The normalized spacial score (nSPS) is 13.5. The van der Waals surface area contributed by atoms with E-state index < -0.39 is 12.6 Å². The van der Waals surface area contributed by atoms with Crippen LogP contribution in [0.4, 0.5) is 13.2 Å². The fourth-order valence-electron chi connectivity index (χ4n) is 1.87. The van der Waals surface area contributed by atoms with Crippen LogP contribution >= 0.6 is 11.6 Å². The molecule has 0 spiro atoms. The Bertz CT molecular complexity index is 362. The van der Waals surface area contributed by atoms with Crippen molar-refractivity contribution in [3.8, 4) is 0 Å². The van der Waals surface area contributed by atoms with Crippen molar-refractivity contribution < 1.29 is 13.2 Å². The highest BCUT2D eigenvalue weighted by Gasteiger charge is 2.28. The maximum Gasteiger partial charge on any atom is 0.389 e. The van der Waals surface area contributed by atoms with Gasteiger partial charge in [0, 0.05) is 17.5 Å². The first-order valence-corrected chi connectivity index (χ1v) is 6.83. The van der Waals surface area contributed by atoms with E-state index in [2.05, 4.69) is 5.32 Å². The molecule has 0 saturated heterocycles. The van der Waals surface area contributed by atoms with Gasteiger partial charge < -0.3 is 5.32 Å². The SMILES string of the molecule is CCCNC(CCC(F)(F)F)Cc1ccc(Cl)cc1. The van der Waals surface area contributed by atoms with E-state index in [1.165, 1.54) is 0 Å². The van der Waals surface area contributed by atoms with Crippen LogP contribution in [-0.4, -0.2) is 18.8 Å². The molecule has 1 rings (SSSR count). The smallest absolute Gasteiger partial charge is 0.314 e. The van der Waals surface area contributed by atoms with E-state index in [4.69, 9.17) is 11.6 Å². The van der Waals surface area contributed by atoms with Crippen LogP contribution in [0.1, 0.15) is 31.7 Å². The van der Waals surface area contributed by atoms with Gasteiger partial charge in [-0.15, -0.1) is 0 Å². The van der Waals surface area contributed by atoms with E-state index in [9.17, 15) is 13.2 Å². The summed E-state index contributed by atoms with van der Waals surface area (Å²) in [4.78, 5) is 0. The Kier molecular flexibility index (Phi) is 6.66. The first-order chi connectivity index (χ1) is 8.90. The number of nitrogens with one attached hydrogen (secondary N) is 1. The van der Waals surface area contributed by atoms with Crippen LogP contribution in [-0.2, 0) is 6.42 Å². The van der Waals surface area contributed by atoms with Crippen LogP contribution in [0.15, 0.2) is 24.3 Å². The topological polar surface area (TPSA) is 12.0 Å². The van der Waals surface area contributed by atoms with Gasteiger partial charge in [0.1, 0.15) is 0 Å². The molecule has 1 nitrogen and oxygen atoms in total. The zero-order valence-corrected chi connectivity index (χ0v) is 11.7. The molecule has 5 heteroatoms. The second kappa shape index (κ2) is 7.75. The summed E-state index contributed by atoms with van der Waals surface area (Å²) in [5.41, 5.74) is 1.00. The molecule has 1 aromatic rings. The largest absolute Gasteiger partial charge is 0.389 e. The lowest BCUT2D eigenvalue weighted by molar-refractivity contribution is -0.136. The van der Waals surface area contributed by atoms with Gasteiger partial charge in [0.2, 0.25) is 0 Å². The van der Waals surface area contributed by atoms with Gasteiger partial charge in [-0.3, -0.25) is 0 Å². The fourth-order valence-corrected chi connectivity index (χ4v) is 1.99. The molecule has 0 saturated carbocycles. The summed E-state index contributed by atoms with van der Waals surface area (Å²) < 4.78 is 36.9. The third-order valence-electron chi connectivity index (χ3n) is 2.85. The van der Waals surface area contributed by atoms with Crippen molar-refractivity contribution in [3.63, 3.8) is 0 Å². The first-order valence-electron chi connectivity index (χ1n) is 6.45. The quantitative estimate of drug-likeness (QED) is 0.775. The van der Waals surface area contributed by atoms with Crippen LogP contribution in [0.5, 0.6) is 0 Å². The third-order valence-corrected chi connectivity index (χ3v) is 3.11. The van der Waals surface area contributed by atoms with Crippen molar-refractivity contribution in [2.45, 2.75) is 44.8 Å². The highest BCUT2D eigenvalue weighted by atomic mass is 35.5. The van der Waals surface area contributed by atoms with Crippen LogP contribution < -0.4 is 5.32 Å². The molecule has 0 aliphatic heterocycles. The summed E-state index contributed by atoms with van der Waals surface area (Å²) in [7, 11) is 0. The predicted molar refractivity (Wildman–Crippen MR) is 72.5 cm³/mol. The summed E-state index contributed by atoms with van der Waals surface area (Å²) >= 11 is 5.79. The van der Waals surface area contributed by atoms with Crippen molar-refractivity contribution in [1.29, 1.82) is 0 Å². The molecule has 1 N–H and O–H groups in total. The number of rotatable bonds is 7. The van der Waals surface area contributed by atoms with Crippen molar-refractivity contribution in [2.75, 3.05) is 6.54 Å². The molecule has 1 atom stereocenters. The maximum absolute atomic E-state index is 12.3. The molecule has 0 aromatic heterocycles. The highest BCUT2D eigenvalue weighted by molar-refractivity contribution is 6.30. The molecule has 1 aromatic carbocycles. The summed E-state index contributed by atoms with van der Waals surface area (Å²) in [6, 6.07) is 7.09. The lowest BCUT2D eigenvalue weighted by atomic mass is 10.0. The molecule has 0 aliphatic rings. The Labute approximate surface area is 117 Å². The van der Waals surface area contributed by atoms with Crippen molar-refractivity contribution in [1.82, 2.24) is 5.32 Å². The third kappa shape index (κ3) is 7.43.